The van der Waals surface area contributed by atoms with Gasteiger partial charge in [0, 0.05) is 38.4 Å². The molecule has 1 fully saturated rings. The molecule has 0 aliphatic carbocycles. The van der Waals surface area contributed by atoms with Gasteiger partial charge in [0.05, 0.1) is 11.7 Å². The smallest absolute Gasteiger partial charge is 0.220 e. The van der Waals surface area contributed by atoms with E-state index < -0.39 is 6.10 Å². The highest BCUT2D eigenvalue weighted by Crippen LogP contribution is 2.25. The largest absolute Gasteiger partial charge is 0.461 e. The molecular weight excluding hydrogens is 311 g/mol. The van der Waals surface area contributed by atoms with E-state index >= 15 is 0 Å². The highest BCUT2D eigenvalue weighted by Gasteiger charge is 2.24. The summed E-state index contributed by atoms with van der Waals surface area (Å²) in [7, 11) is 0. The Balaban J connectivity index is 1.48. The van der Waals surface area contributed by atoms with Crippen LogP contribution in [0.5, 0.6) is 0 Å². The molecule has 1 aromatic heterocycles. The fourth-order valence-corrected chi connectivity index (χ4v) is 2.82. The highest BCUT2D eigenvalue weighted by atomic mass is 19.1. The predicted octanol–water partition coefficient (Wildman–Crippen LogP) is 1.71. The summed E-state index contributed by atoms with van der Waals surface area (Å²) < 4.78 is 19.4. The van der Waals surface area contributed by atoms with Gasteiger partial charge in [0.15, 0.2) is 0 Å². The minimum absolute atomic E-state index is 0.0604. The third-order valence-corrected chi connectivity index (χ3v) is 4.27. The number of hydrogen-bond donors (Lipinski definition) is 3. The Morgan fingerprint density at radius 3 is 2.88 bits per heavy atom. The zero-order valence-corrected chi connectivity index (χ0v) is 13.3. The summed E-state index contributed by atoms with van der Waals surface area (Å²) in [5.74, 6) is 0.748. The number of benzene rings is 1. The van der Waals surface area contributed by atoms with Crippen LogP contribution in [0.25, 0.3) is 11.3 Å². The number of aliphatic hydroxyl groups excluding tert-OH is 1. The molecule has 1 saturated heterocycles. The molecule has 1 aromatic carbocycles. The third kappa shape index (κ3) is 4.01. The summed E-state index contributed by atoms with van der Waals surface area (Å²) >= 11 is 0. The van der Waals surface area contributed by atoms with Gasteiger partial charge in [-0.2, -0.15) is 0 Å². The van der Waals surface area contributed by atoms with E-state index in [4.69, 9.17) is 4.42 Å². The van der Waals surface area contributed by atoms with Gasteiger partial charge in [0.1, 0.15) is 17.3 Å². The molecule has 0 saturated carbocycles. The van der Waals surface area contributed by atoms with E-state index in [-0.39, 0.29) is 17.6 Å². The summed E-state index contributed by atoms with van der Waals surface area (Å²) in [6.07, 6.45) is 0.338. The molecule has 2 heterocycles. The van der Waals surface area contributed by atoms with E-state index in [2.05, 4.69) is 10.6 Å². The van der Waals surface area contributed by atoms with Crippen LogP contribution >= 0.6 is 0 Å². The van der Waals surface area contributed by atoms with Gasteiger partial charge in [-0.05, 0) is 24.3 Å². The van der Waals surface area contributed by atoms with Gasteiger partial charge in [-0.25, -0.2) is 4.39 Å². The van der Waals surface area contributed by atoms with Gasteiger partial charge in [-0.1, -0.05) is 12.1 Å². The van der Waals surface area contributed by atoms with E-state index in [9.17, 15) is 14.3 Å². The van der Waals surface area contributed by atoms with Gasteiger partial charge < -0.3 is 20.2 Å². The fourth-order valence-electron chi connectivity index (χ4n) is 2.82. The van der Waals surface area contributed by atoms with Crippen molar-refractivity contribution in [3.05, 3.63) is 48.0 Å². The van der Waals surface area contributed by atoms with E-state index in [1.807, 2.05) is 0 Å². The van der Waals surface area contributed by atoms with Crippen molar-refractivity contribution < 1.29 is 18.7 Å². The fraction of sp³-hybridized carbons (Fsp3) is 0.389. The molecule has 1 aliphatic rings. The Hall–Kier alpha value is -2.18. The van der Waals surface area contributed by atoms with Crippen molar-refractivity contribution >= 4 is 5.91 Å². The summed E-state index contributed by atoms with van der Waals surface area (Å²) in [4.78, 5) is 11.9. The lowest BCUT2D eigenvalue weighted by molar-refractivity contribution is -0.121. The van der Waals surface area contributed by atoms with Gasteiger partial charge in [-0.15, -0.1) is 0 Å². The lowest BCUT2D eigenvalue weighted by Crippen LogP contribution is -2.34. The first kappa shape index (κ1) is 16.7. The molecule has 0 radical (unpaired) electrons. The molecule has 128 valence electrons. The molecule has 3 rings (SSSR count). The maximum atomic E-state index is 13.7. The molecule has 0 spiro atoms. The molecule has 2 aromatic rings. The second-order valence-corrected chi connectivity index (χ2v) is 6.04. The van der Waals surface area contributed by atoms with Crippen molar-refractivity contribution in [3.63, 3.8) is 0 Å². The van der Waals surface area contributed by atoms with Crippen molar-refractivity contribution in [1.29, 1.82) is 0 Å². The number of furan rings is 1. The monoisotopic (exact) mass is 332 g/mol. The van der Waals surface area contributed by atoms with Gasteiger partial charge in [-0.3, -0.25) is 4.79 Å². The topological polar surface area (TPSA) is 74.5 Å². The van der Waals surface area contributed by atoms with Crippen LogP contribution < -0.4 is 10.6 Å². The zero-order valence-electron chi connectivity index (χ0n) is 13.3. The number of β-amino-alcohol motifs (C(OH)–C–C–N with tert-alkyl or cyclic N) is 1. The van der Waals surface area contributed by atoms with Crippen LogP contribution in [-0.2, 0) is 11.2 Å². The standard InChI is InChI=1S/C18H21FN2O3/c19-15-4-2-1-3-14(15)17-7-5-13(24-17)6-8-18(23)21-10-12-9-20-11-16(12)22/h1-5,7,12,16,20,22H,6,8-11H2,(H,21,23). The normalized spacial score (nSPS) is 20.2. The molecule has 3 N–H and O–H groups in total. The van der Waals surface area contributed by atoms with Gasteiger partial charge in [0.25, 0.3) is 0 Å². The maximum Gasteiger partial charge on any atom is 0.220 e. The average molecular weight is 332 g/mol. The van der Waals surface area contributed by atoms with Crippen LogP contribution in [0, 0.1) is 11.7 Å². The number of nitrogens with one attached hydrogen (secondary N) is 2. The van der Waals surface area contributed by atoms with Crippen LogP contribution in [0.4, 0.5) is 4.39 Å². The number of aliphatic hydroxyl groups is 1. The van der Waals surface area contributed by atoms with Crippen LogP contribution in [0.2, 0.25) is 0 Å². The lowest BCUT2D eigenvalue weighted by atomic mass is 10.1. The van der Waals surface area contributed by atoms with Gasteiger partial charge in [0.2, 0.25) is 5.91 Å². The van der Waals surface area contributed by atoms with Crippen molar-refractivity contribution in [1.82, 2.24) is 10.6 Å². The maximum absolute atomic E-state index is 13.7. The van der Waals surface area contributed by atoms with E-state index in [1.165, 1.54) is 6.07 Å². The second kappa shape index (κ2) is 7.59. The molecule has 6 heteroatoms. The van der Waals surface area contributed by atoms with Crippen LogP contribution in [0.3, 0.4) is 0 Å². The van der Waals surface area contributed by atoms with E-state index in [0.29, 0.717) is 49.6 Å². The summed E-state index contributed by atoms with van der Waals surface area (Å²) in [5, 5.41) is 15.6. The van der Waals surface area contributed by atoms with Gasteiger partial charge >= 0.3 is 0 Å². The number of aryl methyl sites for hydroxylation is 1. The zero-order chi connectivity index (χ0) is 16.9. The molecule has 5 nitrogen and oxygen atoms in total. The Labute approximate surface area is 139 Å². The summed E-state index contributed by atoms with van der Waals surface area (Å²) in [6.45, 7) is 1.75. The Bertz CT molecular complexity index is 701. The minimum Gasteiger partial charge on any atom is -0.461 e. The highest BCUT2D eigenvalue weighted by molar-refractivity contribution is 5.76. The third-order valence-electron chi connectivity index (χ3n) is 4.27. The first-order chi connectivity index (χ1) is 11.6. The number of carbonyl (C=O) groups excluding carboxylic acids is 1. The number of halogens is 1. The molecule has 1 amide bonds. The van der Waals surface area contributed by atoms with Crippen molar-refractivity contribution in [2.75, 3.05) is 19.6 Å². The lowest BCUT2D eigenvalue weighted by Gasteiger charge is -2.13. The predicted molar refractivity (Wildman–Crippen MR) is 87.8 cm³/mol. The Kier molecular flexibility index (Phi) is 5.27. The van der Waals surface area contributed by atoms with Crippen LogP contribution in [0.15, 0.2) is 40.8 Å². The molecule has 2 atom stereocenters. The summed E-state index contributed by atoms with van der Waals surface area (Å²) in [5.41, 5.74) is 0.413. The molecule has 24 heavy (non-hydrogen) atoms. The Morgan fingerprint density at radius 1 is 1.29 bits per heavy atom. The number of rotatable bonds is 6. The first-order valence-corrected chi connectivity index (χ1v) is 8.12. The number of amides is 1. The Morgan fingerprint density at radius 2 is 2.12 bits per heavy atom. The SMILES string of the molecule is O=C(CCc1ccc(-c2ccccc2F)o1)NCC1CNCC1O. The van der Waals surface area contributed by atoms with Crippen LogP contribution in [-0.4, -0.2) is 36.8 Å². The second-order valence-electron chi connectivity index (χ2n) is 6.04. The van der Waals surface area contributed by atoms with Crippen LogP contribution in [0.1, 0.15) is 12.2 Å². The summed E-state index contributed by atoms with van der Waals surface area (Å²) in [6, 6.07) is 9.90. The minimum atomic E-state index is -0.404. The van der Waals surface area contributed by atoms with Crippen molar-refractivity contribution in [3.8, 4) is 11.3 Å². The number of carbonyl (C=O) groups is 1. The van der Waals surface area contributed by atoms with Crippen molar-refractivity contribution in [2.45, 2.75) is 18.9 Å². The molecule has 0 bridgehead atoms. The average Bonchev–Trinajstić information content (AvgIpc) is 3.20. The molecule has 1 aliphatic heterocycles. The number of hydrogen-bond acceptors (Lipinski definition) is 4. The quantitative estimate of drug-likeness (QED) is 0.753. The van der Waals surface area contributed by atoms with E-state index in [1.54, 1.807) is 30.3 Å². The van der Waals surface area contributed by atoms with Crippen molar-refractivity contribution in [2.24, 2.45) is 5.92 Å². The first-order valence-electron chi connectivity index (χ1n) is 8.12. The molecular formula is C18H21FN2O3. The van der Waals surface area contributed by atoms with E-state index in [0.717, 1.165) is 0 Å². The molecule has 2 unspecified atom stereocenters.